The van der Waals surface area contributed by atoms with E-state index in [1.807, 2.05) is 0 Å². The van der Waals surface area contributed by atoms with Crippen molar-refractivity contribution in [3.05, 3.63) is 66.7 Å². The molecule has 0 aliphatic carbocycles. The van der Waals surface area contributed by atoms with Crippen LogP contribution >= 0.6 is 0 Å². The standard InChI is InChI=1S/C15H11.Na/c1-2-6-12(7-3-1)15-11-10-13-8-4-5-9-14(13)15;/h1-11H;/q-1;+1. The molecule has 72 valence electrons. The molecule has 0 radical (unpaired) electrons. The molecule has 16 heavy (non-hydrogen) atoms. The Balaban J connectivity index is 0.000000963. The van der Waals surface area contributed by atoms with Crippen molar-refractivity contribution in [2.75, 3.05) is 0 Å². The van der Waals surface area contributed by atoms with Gasteiger partial charge in [0.2, 0.25) is 0 Å². The van der Waals surface area contributed by atoms with Crippen molar-refractivity contribution in [2.24, 2.45) is 0 Å². The Morgan fingerprint density at radius 1 is 0.750 bits per heavy atom. The largest absolute Gasteiger partial charge is 1.00 e. The van der Waals surface area contributed by atoms with Gasteiger partial charge in [-0.05, 0) is 0 Å². The average molecular weight is 214 g/mol. The summed E-state index contributed by atoms with van der Waals surface area (Å²) in [5, 5.41) is 2.65. The molecule has 0 aliphatic rings. The first kappa shape index (κ1) is 11.5. The third-order valence-corrected chi connectivity index (χ3v) is 2.77. The van der Waals surface area contributed by atoms with Gasteiger partial charge in [-0.15, -0.1) is 46.7 Å². The Hall–Kier alpha value is -0.950. The molecule has 0 atom stereocenters. The molecule has 0 aromatic heterocycles. The molecular weight excluding hydrogens is 203 g/mol. The maximum Gasteiger partial charge on any atom is 1.00 e. The van der Waals surface area contributed by atoms with Gasteiger partial charge < -0.3 is 0 Å². The summed E-state index contributed by atoms with van der Waals surface area (Å²) in [5.41, 5.74) is 2.62. The van der Waals surface area contributed by atoms with Gasteiger partial charge >= 0.3 is 29.6 Å². The molecular formula is C15H11Na. The fourth-order valence-corrected chi connectivity index (χ4v) is 2.02. The Bertz CT molecular complexity index is 578. The van der Waals surface area contributed by atoms with E-state index in [2.05, 4.69) is 66.7 Å². The van der Waals surface area contributed by atoms with E-state index in [1.165, 1.54) is 21.9 Å². The predicted octanol–water partition coefficient (Wildman–Crippen LogP) is 1.23. The minimum atomic E-state index is 0. The van der Waals surface area contributed by atoms with E-state index in [1.54, 1.807) is 0 Å². The topological polar surface area (TPSA) is 0 Å². The van der Waals surface area contributed by atoms with Crippen molar-refractivity contribution < 1.29 is 29.6 Å². The Morgan fingerprint density at radius 3 is 2.25 bits per heavy atom. The summed E-state index contributed by atoms with van der Waals surface area (Å²) in [4.78, 5) is 0. The summed E-state index contributed by atoms with van der Waals surface area (Å²) >= 11 is 0. The smallest absolute Gasteiger partial charge is 0.150 e. The molecule has 3 aromatic rings. The van der Waals surface area contributed by atoms with E-state index < -0.39 is 0 Å². The summed E-state index contributed by atoms with van der Waals surface area (Å²) < 4.78 is 0. The second-order valence-electron chi connectivity index (χ2n) is 3.70. The van der Waals surface area contributed by atoms with Crippen LogP contribution in [-0.2, 0) is 0 Å². The normalized spacial score (nSPS) is 10.0. The van der Waals surface area contributed by atoms with Gasteiger partial charge in [0.05, 0.1) is 0 Å². The Morgan fingerprint density at radius 2 is 1.44 bits per heavy atom. The van der Waals surface area contributed by atoms with E-state index >= 15 is 0 Å². The SMILES string of the molecule is [Na+].c1ccc(-c2c[cH-]c3ccccc23)cc1. The molecule has 0 saturated heterocycles. The fourth-order valence-electron chi connectivity index (χ4n) is 2.02. The zero-order chi connectivity index (χ0) is 10.1. The first-order valence-corrected chi connectivity index (χ1v) is 5.15. The van der Waals surface area contributed by atoms with Crippen molar-refractivity contribution in [1.29, 1.82) is 0 Å². The molecule has 0 N–H and O–H groups in total. The van der Waals surface area contributed by atoms with Crippen LogP contribution in [0.15, 0.2) is 66.7 Å². The molecule has 0 bridgehead atoms. The first-order valence-electron chi connectivity index (χ1n) is 5.15. The molecule has 0 heterocycles. The molecule has 0 spiro atoms. The molecule has 1 heteroatoms. The Labute approximate surface area is 118 Å². The summed E-state index contributed by atoms with van der Waals surface area (Å²) in [6.07, 6.45) is 0. The molecule has 0 nitrogen and oxygen atoms in total. The molecule has 0 aliphatic heterocycles. The number of hydrogen-bond acceptors (Lipinski definition) is 0. The maximum atomic E-state index is 2.19. The van der Waals surface area contributed by atoms with E-state index in [0.717, 1.165) is 0 Å². The van der Waals surface area contributed by atoms with Gasteiger partial charge in [-0.2, -0.15) is 0 Å². The van der Waals surface area contributed by atoms with Crippen LogP contribution in [0.25, 0.3) is 21.9 Å². The molecule has 0 fully saturated rings. The van der Waals surface area contributed by atoms with E-state index in [-0.39, 0.29) is 29.6 Å². The molecule has 0 saturated carbocycles. The van der Waals surface area contributed by atoms with Gasteiger partial charge in [-0.25, -0.2) is 0 Å². The van der Waals surface area contributed by atoms with E-state index in [4.69, 9.17) is 0 Å². The zero-order valence-electron chi connectivity index (χ0n) is 9.35. The van der Waals surface area contributed by atoms with Crippen LogP contribution in [0.3, 0.4) is 0 Å². The minimum Gasteiger partial charge on any atom is -0.150 e. The number of fused-ring (bicyclic) bond motifs is 1. The van der Waals surface area contributed by atoms with Crippen LogP contribution in [0.5, 0.6) is 0 Å². The molecule has 3 rings (SSSR count). The molecule has 0 amide bonds. The van der Waals surface area contributed by atoms with E-state index in [9.17, 15) is 0 Å². The molecule has 0 unspecified atom stereocenters. The number of hydrogen-bond donors (Lipinski definition) is 0. The minimum absolute atomic E-state index is 0. The summed E-state index contributed by atoms with van der Waals surface area (Å²) in [6, 6.07) is 23.4. The van der Waals surface area contributed by atoms with Gasteiger partial charge in [0, 0.05) is 0 Å². The van der Waals surface area contributed by atoms with Gasteiger partial charge in [-0.3, -0.25) is 0 Å². The van der Waals surface area contributed by atoms with Crippen molar-refractivity contribution in [2.45, 2.75) is 0 Å². The summed E-state index contributed by atoms with van der Waals surface area (Å²) in [6.45, 7) is 0. The number of benzene rings is 2. The van der Waals surface area contributed by atoms with Crippen LogP contribution in [0.2, 0.25) is 0 Å². The second-order valence-corrected chi connectivity index (χ2v) is 3.70. The zero-order valence-corrected chi connectivity index (χ0v) is 11.4. The maximum absolute atomic E-state index is 2.19. The Kier molecular flexibility index (Phi) is 3.55. The van der Waals surface area contributed by atoms with Crippen molar-refractivity contribution >= 4 is 10.8 Å². The monoisotopic (exact) mass is 214 g/mol. The fraction of sp³-hybridized carbons (Fsp3) is 0. The van der Waals surface area contributed by atoms with Crippen molar-refractivity contribution in [1.82, 2.24) is 0 Å². The second kappa shape index (κ2) is 4.92. The predicted molar refractivity (Wildman–Crippen MR) is 65.0 cm³/mol. The first-order chi connectivity index (χ1) is 7.45. The number of rotatable bonds is 1. The summed E-state index contributed by atoms with van der Waals surface area (Å²) in [5.74, 6) is 0. The van der Waals surface area contributed by atoms with Crippen LogP contribution < -0.4 is 29.6 Å². The van der Waals surface area contributed by atoms with E-state index in [0.29, 0.717) is 0 Å². The van der Waals surface area contributed by atoms with Gasteiger partial charge in [0.25, 0.3) is 0 Å². The average Bonchev–Trinajstić information content (AvgIpc) is 2.74. The quantitative estimate of drug-likeness (QED) is 0.422. The third kappa shape index (κ3) is 1.97. The van der Waals surface area contributed by atoms with Crippen LogP contribution in [-0.4, -0.2) is 0 Å². The van der Waals surface area contributed by atoms with Gasteiger partial charge in [0.1, 0.15) is 0 Å². The van der Waals surface area contributed by atoms with Gasteiger partial charge in [0.15, 0.2) is 0 Å². The van der Waals surface area contributed by atoms with Crippen molar-refractivity contribution in [3.8, 4) is 11.1 Å². The molecule has 3 aromatic carbocycles. The summed E-state index contributed by atoms with van der Waals surface area (Å²) in [7, 11) is 0. The van der Waals surface area contributed by atoms with Crippen LogP contribution in [0.1, 0.15) is 0 Å². The third-order valence-electron chi connectivity index (χ3n) is 2.77. The van der Waals surface area contributed by atoms with Crippen molar-refractivity contribution in [3.63, 3.8) is 0 Å². The van der Waals surface area contributed by atoms with Crippen LogP contribution in [0.4, 0.5) is 0 Å². The van der Waals surface area contributed by atoms with Crippen LogP contribution in [0, 0.1) is 0 Å². The van der Waals surface area contributed by atoms with Gasteiger partial charge in [-0.1, -0.05) is 42.0 Å².